The van der Waals surface area contributed by atoms with E-state index in [0.717, 1.165) is 24.2 Å². The average molecular weight is 381 g/mol. The van der Waals surface area contributed by atoms with Crippen molar-refractivity contribution in [3.8, 4) is 11.5 Å². The molecular weight excluding hydrogens is 358 g/mol. The first-order valence-electron chi connectivity index (χ1n) is 9.27. The smallest absolute Gasteiger partial charge is 0.244 e. The molecule has 4 rings (SSSR count). The molecule has 2 aliphatic rings. The summed E-state index contributed by atoms with van der Waals surface area (Å²) in [5, 5.41) is 5.75. The van der Waals surface area contributed by atoms with Crippen LogP contribution >= 0.6 is 0 Å². The van der Waals surface area contributed by atoms with Gasteiger partial charge in [0.15, 0.2) is 11.5 Å². The van der Waals surface area contributed by atoms with Crippen LogP contribution in [0.15, 0.2) is 42.5 Å². The molecule has 0 bridgehead atoms. The quantitative estimate of drug-likeness (QED) is 0.832. The highest BCUT2D eigenvalue weighted by atomic mass is 16.7. The van der Waals surface area contributed by atoms with Gasteiger partial charge in [-0.2, -0.15) is 0 Å². The molecule has 28 heavy (non-hydrogen) atoms. The summed E-state index contributed by atoms with van der Waals surface area (Å²) < 4.78 is 10.7. The van der Waals surface area contributed by atoms with Crippen LogP contribution in [0.1, 0.15) is 25.8 Å². The highest BCUT2D eigenvalue weighted by Crippen LogP contribution is 2.36. The van der Waals surface area contributed by atoms with Gasteiger partial charge in [0, 0.05) is 37.5 Å². The fourth-order valence-corrected chi connectivity index (χ4v) is 3.47. The Kier molecular flexibility index (Phi) is 4.68. The SMILES string of the molecule is CC(=O)Nc1ccc(CN2CCC2(C)C(=O)Nc2ccc3c(c2)OCO3)cc1. The molecule has 1 fully saturated rings. The lowest BCUT2D eigenvalue weighted by atomic mass is 9.85. The van der Waals surface area contributed by atoms with Gasteiger partial charge in [-0.3, -0.25) is 14.5 Å². The third kappa shape index (κ3) is 3.53. The maximum atomic E-state index is 12.9. The van der Waals surface area contributed by atoms with Crippen molar-refractivity contribution in [2.75, 3.05) is 24.0 Å². The summed E-state index contributed by atoms with van der Waals surface area (Å²) in [4.78, 5) is 26.2. The Morgan fingerprint density at radius 1 is 1.04 bits per heavy atom. The van der Waals surface area contributed by atoms with Crippen LogP contribution in [0.3, 0.4) is 0 Å². The van der Waals surface area contributed by atoms with E-state index in [1.807, 2.05) is 37.3 Å². The summed E-state index contributed by atoms with van der Waals surface area (Å²) in [6.45, 7) is 5.19. The zero-order valence-corrected chi connectivity index (χ0v) is 16.0. The van der Waals surface area contributed by atoms with Crippen molar-refractivity contribution in [1.82, 2.24) is 4.90 Å². The number of amides is 2. The predicted octanol–water partition coefficient (Wildman–Crippen LogP) is 2.98. The van der Waals surface area contributed by atoms with E-state index in [0.29, 0.717) is 23.7 Å². The highest BCUT2D eigenvalue weighted by Gasteiger charge is 2.46. The van der Waals surface area contributed by atoms with Gasteiger partial charge in [-0.15, -0.1) is 0 Å². The number of hydrogen-bond donors (Lipinski definition) is 2. The number of hydrogen-bond acceptors (Lipinski definition) is 5. The van der Waals surface area contributed by atoms with Gasteiger partial charge < -0.3 is 20.1 Å². The molecule has 0 aliphatic carbocycles. The van der Waals surface area contributed by atoms with Crippen molar-refractivity contribution in [3.63, 3.8) is 0 Å². The van der Waals surface area contributed by atoms with Crippen molar-refractivity contribution in [2.24, 2.45) is 0 Å². The lowest BCUT2D eigenvalue weighted by Crippen LogP contribution is -2.63. The number of anilines is 2. The molecule has 1 saturated heterocycles. The third-order valence-electron chi connectivity index (χ3n) is 5.33. The molecule has 146 valence electrons. The number of fused-ring (bicyclic) bond motifs is 1. The summed E-state index contributed by atoms with van der Waals surface area (Å²) in [5.41, 5.74) is 1.99. The van der Waals surface area contributed by atoms with E-state index >= 15 is 0 Å². The lowest BCUT2D eigenvalue weighted by molar-refractivity contribution is -0.136. The molecule has 1 atom stereocenters. The molecule has 1 unspecified atom stereocenters. The van der Waals surface area contributed by atoms with Gasteiger partial charge in [0.1, 0.15) is 0 Å². The minimum absolute atomic E-state index is 0.0347. The second-order valence-corrected chi connectivity index (χ2v) is 7.35. The van der Waals surface area contributed by atoms with E-state index in [4.69, 9.17) is 9.47 Å². The molecule has 0 saturated carbocycles. The van der Waals surface area contributed by atoms with Gasteiger partial charge in [0.05, 0.1) is 5.54 Å². The van der Waals surface area contributed by atoms with Gasteiger partial charge >= 0.3 is 0 Å². The molecule has 2 aromatic rings. The number of nitrogens with zero attached hydrogens (tertiary/aromatic N) is 1. The van der Waals surface area contributed by atoms with Gasteiger partial charge in [-0.25, -0.2) is 0 Å². The number of carbonyl (C=O) groups excluding carboxylic acids is 2. The zero-order chi connectivity index (χ0) is 19.7. The molecule has 7 heteroatoms. The van der Waals surface area contributed by atoms with Crippen molar-refractivity contribution >= 4 is 23.2 Å². The fraction of sp³-hybridized carbons (Fsp3) is 0.333. The number of nitrogens with one attached hydrogen (secondary N) is 2. The van der Waals surface area contributed by atoms with E-state index in [-0.39, 0.29) is 18.6 Å². The van der Waals surface area contributed by atoms with Gasteiger partial charge in [-0.05, 0) is 43.2 Å². The number of rotatable bonds is 5. The van der Waals surface area contributed by atoms with E-state index in [9.17, 15) is 9.59 Å². The van der Waals surface area contributed by atoms with E-state index < -0.39 is 5.54 Å². The predicted molar refractivity (Wildman–Crippen MR) is 105 cm³/mol. The molecule has 2 aromatic carbocycles. The van der Waals surface area contributed by atoms with Crippen LogP contribution in [-0.4, -0.2) is 35.6 Å². The highest BCUT2D eigenvalue weighted by molar-refractivity contribution is 5.98. The normalized spacial score (nSPS) is 20.4. The van der Waals surface area contributed by atoms with E-state index in [2.05, 4.69) is 15.5 Å². The second kappa shape index (κ2) is 7.16. The van der Waals surface area contributed by atoms with Gasteiger partial charge in [0.2, 0.25) is 18.6 Å². The zero-order valence-electron chi connectivity index (χ0n) is 16.0. The minimum Gasteiger partial charge on any atom is -0.454 e. The Morgan fingerprint density at radius 2 is 1.75 bits per heavy atom. The Morgan fingerprint density at radius 3 is 2.43 bits per heavy atom. The maximum Gasteiger partial charge on any atom is 0.244 e. The van der Waals surface area contributed by atoms with Crippen LogP contribution in [-0.2, 0) is 16.1 Å². The Labute approximate surface area is 163 Å². The Bertz CT molecular complexity index is 912. The average Bonchev–Trinajstić information content (AvgIpc) is 3.13. The van der Waals surface area contributed by atoms with Crippen LogP contribution in [0.25, 0.3) is 0 Å². The number of carbonyl (C=O) groups is 2. The van der Waals surface area contributed by atoms with Crippen LogP contribution in [0.2, 0.25) is 0 Å². The van der Waals surface area contributed by atoms with Crippen LogP contribution < -0.4 is 20.1 Å². The first-order valence-corrected chi connectivity index (χ1v) is 9.27. The van der Waals surface area contributed by atoms with Gasteiger partial charge in [-0.1, -0.05) is 12.1 Å². The second-order valence-electron chi connectivity index (χ2n) is 7.35. The number of ether oxygens (including phenoxy) is 2. The Hall–Kier alpha value is -3.06. The van der Waals surface area contributed by atoms with Crippen molar-refractivity contribution in [3.05, 3.63) is 48.0 Å². The first-order chi connectivity index (χ1) is 13.4. The minimum atomic E-state index is -0.563. The summed E-state index contributed by atoms with van der Waals surface area (Å²) in [6, 6.07) is 13.1. The standard InChI is InChI=1S/C21H23N3O4/c1-14(25)22-16-5-3-15(4-6-16)12-24-10-9-21(24,2)20(26)23-17-7-8-18-19(11-17)28-13-27-18/h3-8,11H,9-10,12-13H2,1-2H3,(H,22,25)(H,23,26). The third-order valence-corrected chi connectivity index (χ3v) is 5.33. The molecule has 2 amide bonds. The maximum absolute atomic E-state index is 12.9. The summed E-state index contributed by atoms with van der Waals surface area (Å²) in [5.74, 6) is 1.21. The number of benzene rings is 2. The molecule has 7 nitrogen and oxygen atoms in total. The molecule has 0 spiro atoms. The van der Waals surface area contributed by atoms with E-state index in [1.54, 1.807) is 12.1 Å². The van der Waals surface area contributed by atoms with Crippen LogP contribution in [0, 0.1) is 0 Å². The molecule has 0 radical (unpaired) electrons. The van der Waals surface area contributed by atoms with Crippen LogP contribution in [0.4, 0.5) is 11.4 Å². The summed E-state index contributed by atoms with van der Waals surface area (Å²) >= 11 is 0. The van der Waals surface area contributed by atoms with Crippen molar-refractivity contribution in [2.45, 2.75) is 32.4 Å². The molecule has 2 aliphatic heterocycles. The fourth-order valence-electron chi connectivity index (χ4n) is 3.47. The topological polar surface area (TPSA) is 79.9 Å². The monoisotopic (exact) mass is 381 g/mol. The Balaban J connectivity index is 1.40. The van der Waals surface area contributed by atoms with Crippen molar-refractivity contribution < 1.29 is 19.1 Å². The molecule has 2 N–H and O–H groups in total. The number of likely N-dealkylation sites (tertiary alicyclic amines) is 1. The largest absolute Gasteiger partial charge is 0.454 e. The summed E-state index contributed by atoms with van der Waals surface area (Å²) in [6.07, 6.45) is 0.799. The van der Waals surface area contributed by atoms with Crippen LogP contribution in [0.5, 0.6) is 11.5 Å². The lowest BCUT2D eigenvalue weighted by Gasteiger charge is -2.49. The first kappa shape index (κ1) is 18.3. The summed E-state index contributed by atoms with van der Waals surface area (Å²) in [7, 11) is 0. The van der Waals surface area contributed by atoms with E-state index in [1.165, 1.54) is 6.92 Å². The van der Waals surface area contributed by atoms with Gasteiger partial charge in [0.25, 0.3) is 0 Å². The molecule has 0 aromatic heterocycles. The van der Waals surface area contributed by atoms with Crippen molar-refractivity contribution in [1.29, 1.82) is 0 Å². The molecule has 2 heterocycles. The molecular formula is C21H23N3O4.